The van der Waals surface area contributed by atoms with Gasteiger partial charge in [-0.15, -0.1) is 10.2 Å². The van der Waals surface area contributed by atoms with Crippen molar-refractivity contribution >= 4 is 22.2 Å². The van der Waals surface area contributed by atoms with Crippen molar-refractivity contribution in [1.82, 2.24) is 10.2 Å². The van der Waals surface area contributed by atoms with E-state index in [9.17, 15) is 0 Å². The molecule has 0 spiro atoms. The Bertz CT molecular complexity index is 438. The van der Waals surface area contributed by atoms with Gasteiger partial charge in [0, 0.05) is 18.8 Å². The van der Waals surface area contributed by atoms with Gasteiger partial charge in [0.05, 0.1) is 0 Å². The molecular formula is C12H16N4S. The lowest BCUT2D eigenvalue weighted by molar-refractivity contribution is 0.757. The highest BCUT2D eigenvalue weighted by molar-refractivity contribution is 7.13. The molecule has 0 atom stereocenters. The molecule has 1 heterocycles. The van der Waals surface area contributed by atoms with Gasteiger partial charge in [-0.05, 0) is 24.1 Å². The minimum Gasteiger partial charge on any atom is -0.399 e. The number of benzene rings is 1. The molecule has 2 rings (SSSR count). The second-order valence-electron chi connectivity index (χ2n) is 3.88. The summed E-state index contributed by atoms with van der Waals surface area (Å²) in [6.45, 7) is 4.00. The summed E-state index contributed by atoms with van der Waals surface area (Å²) in [6, 6.07) is 7.97. The number of anilines is 2. The van der Waals surface area contributed by atoms with Gasteiger partial charge in [-0.25, -0.2) is 0 Å². The zero-order valence-corrected chi connectivity index (χ0v) is 10.7. The van der Waals surface area contributed by atoms with E-state index in [0.29, 0.717) is 0 Å². The first kappa shape index (κ1) is 11.9. The molecule has 0 aliphatic carbocycles. The Morgan fingerprint density at radius 1 is 1.29 bits per heavy atom. The zero-order valence-electron chi connectivity index (χ0n) is 9.84. The molecule has 1 aromatic heterocycles. The van der Waals surface area contributed by atoms with Gasteiger partial charge < -0.3 is 10.6 Å². The molecule has 0 amide bonds. The van der Waals surface area contributed by atoms with E-state index in [2.05, 4.69) is 34.2 Å². The summed E-state index contributed by atoms with van der Waals surface area (Å²) in [6.07, 6.45) is 1.09. The van der Waals surface area contributed by atoms with Crippen molar-refractivity contribution in [2.45, 2.75) is 19.9 Å². The van der Waals surface area contributed by atoms with Crippen LogP contribution in [-0.2, 0) is 6.54 Å². The molecule has 0 saturated carbocycles. The Labute approximate surface area is 105 Å². The van der Waals surface area contributed by atoms with Gasteiger partial charge in [0.25, 0.3) is 0 Å². The van der Waals surface area contributed by atoms with Crippen LogP contribution in [0.1, 0.15) is 18.9 Å². The second kappa shape index (κ2) is 5.63. The average Bonchev–Trinajstić information content (AvgIpc) is 2.85. The Balaban J connectivity index is 2.10. The van der Waals surface area contributed by atoms with Gasteiger partial charge in [0.1, 0.15) is 5.51 Å². The van der Waals surface area contributed by atoms with Crippen LogP contribution in [0.25, 0.3) is 0 Å². The zero-order chi connectivity index (χ0) is 12.1. The number of nitrogens with zero attached hydrogens (tertiary/aromatic N) is 3. The van der Waals surface area contributed by atoms with E-state index >= 15 is 0 Å². The maximum absolute atomic E-state index is 5.68. The third-order valence-electron chi connectivity index (χ3n) is 2.47. The number of aromatic nitrogens is 2. The Kier molecular flexibility index (Phi) is 3.93. The Hall–Kier alpha value is -1.62. The quantitative estimate of drug-likeness (QED) is 0.826. The summed E-state index contributed by atoms with van der Waals surface area (Å²) in [7, 11) is 0. The molecule has 1 aromatic carbocycles. The molecule has 0 bridgehead atoms. The lowest BCUT2D eigenvalue weighted by atomic mass is 10.2. The van der Waals surface area contributed by atoms with Crippen molar-refractivity contribution in [3.8, 4) is 0 Å². The molecule has 90 valence electrons. The molecule has 0 aliphatic rings. The molecule has 0 radical (unpaired) electrons. The average molecular weight is 248 g/mol. The molecule has 0 fully saturated rings. The Morgan fingerprint density at radius 2 is 2.06 bits per heavy atom. The molecule has 17 heavy (non-hydrogen) atoms. The number of nitrogen functional groups attached to an aromatic ring is 1. The topological polar surface area (TPSA) is 55.0 Å². The summed E-state index contributed by atoms with van der Waals surface area (Å²) in [5.41, 5.74) is 9.48. The smallest absolute Gasteiger partial charge is 0.208 e. The normalized spacial score (nSPS) is 10.4. The predicted molar refractivity (Wildman–Crippen MR) is 72.1 cm³/mol. The predicted octanol–water partition coefficient (Wildman–Crippen LogP) is 2.54. The van der Waals surface area contributed by atoms with Crippen LogP contribution in [0.15, 0.2) is 29.8 Å². The summed E-state index contributed by atoms with van der Waals surface area (Å²) in [5.74, 6) is 0. The minimum absolute atomic E-state index is 0.798. The summed E-state index contributed by atoms with van der Waals surface area (Å²) < 4.78 is 0. The molecule has 2 aromatic rings. The van der Waals surface area contributed by atoms with Crippen molar-refractivity contribution in [2.24, 2.45) is 0 Å². The lowest BCUT2D eigenvalue weighted by Gasteiger charge is -2.20. The van der Waals surface area contributed by atoms with Crippen LogP contribution in [0, 0.1) is 0 Å². The van der Waals surface area contributed by atoms with Gasteiger partial charge in [0.15, 0.2) is 0 Å². The minimum atomic E-state index is 0.798. The van der Waals surface area contributed by atoms with Crippen LogP contribution in [0.4, 0.5) is 10.8 Å². The standard InChI is InChI=1S/C12H16N4S/c1-2-7-16(12-15-14-9-17-12)8-10-3-5-11(13)6-4-10/h3-6,9H,2,7-8,13H2,1H3. The van der Waals surface area contributed by atoms with Gasteiger partial charge in [-0.3, -0.25) is 0 Å². The van der Waals surface area contributed by atoms with Crippen molar-refractivity contribution in [3.63, 3.8) is 0 Å². The highest BCUT2D eigenvalue weighted by atomic mass is 32.1. The second-order valence-corrected chi connectivity index (χ2v) is 4.70. The molecular weight excluding hydrogens is 232 g/mol. The van der Waals surface area contributed by atoms with Crippen LogP contribution in [0.5, 0.6) is 0 Å². The van der Waals surface area contributed by atoms with E-state index in [0.717, 1.165) is 30.3 Å². The molecule has 2 N–H and O–H groups in total. The maximum Gasteiger partial charge on any atom is 0.208 e. The Morgan fingerprint density at radius 3 is 2.65 bits per heavy atom. The SMILES string of the molecule is CCCN(Cc1ccc(N)cc1)c1nncs1. The molecule has 4 nitrogen and oxygen atoms in total. The monoisotopic (exact) mass is 248 g/mol. The molecule has 0 unspecified atom stereocenters. The highest BCUT2D eigenvalue weighted by Gasteiger charge is 2.09. The maximum atomic E-state index is 5.68. The third kappa shape index (κ3) is 3.17. The first-order valence-electron chi connectivity index (χ1n) is 5.65. The largest absolute Gasteiger partial charge is 0.399 e. The number of rotatable bonds is 5. The highest BCUT2D eigenvalue weighted by Crippen LogP contribution is 2.19. The van der Waals surface area contributed by atoms with Crippen LogP contribution in [0.2, 0.25) is 0 Å². The fourth-order valence-corrected chi connectivity index (χ4v) is 2.25. The van der Waals surface area contributed by atoms with Crippen LogP contribution >= 0.6 is 11.3 Å². The van der Waals surface area contributed by atoms with Crippen molar-refractivity contribution in [3.05, 3.63) is 35.3 Å². The first-order chi connectivity index (χ1) is 8.29. The van der Waals surface area contributed by atoms with Crippen LogP contribution in [-0.4, -0.2) is 16.7 Å². The summed E-state index contributed by atoms with van der Waals surface area (Å²) >= 11 is 1.57. The fraction of sp³-hybridized carbons (Fsp3) is 0.333. The van der Waals surface area contributed by atoms with E-state index < -0.39 is 0 Å². The van der Waals surface area contributed by atoms with E-state index in [1.165, 1.54) is 5.56 Å². The van der Waals surface area contributed by atoms with E-state index in [-0.39, 0.29) is 0 Å². The third-order valence-corrected chi connectivity index (χ3v) is 3.22. The number of hydrogen-bond donors (Lipinski definition) is 1. The van der Waals surface area contributed by atoms with Crippen LogP contribution in [0.3, 0.4) is 0 Å². The molecule has 0 aliphatic heterocycles. The van der Waals surface area contributed by atoms with Crippen molar-refractivity contribution in [1.29, 1.82) is 0 Å². The van der Waals surface area contributed by atoms with Gasteiger partial charge in [-0.2, -0.15) is 0 Å². The molecule has 0 saturated heterocycles. The number of nitrogens with two attached hydrogens (primary N) is 1. The lowest BCUT2D eigenvalue weighted by Crippen LogP contribution is -2.23. The van der Waals surface area contributed by atoms with Gasteiger partial charge >= 0.3 is 0 Å². The van der Waals surface area contributed by atoms with Crippen LogP contribution < -0.4 is 10.6 Å². The van der Waals surface area contributed by atoms with Gasteiger partial charge in [-0.1, -0.05) is 30.4 Å². The number of hydrogen-bond acceptors (Lipinski definition) is 5. The van der Waals surface area contributed by atoms with Crippen molar-refractivity contribution < 1.29 is 0 Å². The first-order valence-corrected chi connectivity index (χ1v) is 6.53. The van der Waals surface area contributed by atoms with E-state index in [1.807, 2.05) is 12.1 Å². The van der Waals surface area contributed by atoms with E-state index in [1.54, 1.807) is 16.8 Å². The summed E-state index contributed by atoms with van der Waals surface area (Å²) in [5, 5.41) is 8.98. The van der Waals surface area contributed by atoms with Gasteiger partial charge in [0.2, 0.25) is 5.13 Å². The van der Waals surface area contributed by atoms with E-state index in [4.69, 9.17) is 5.73 Å². The summed E-state index contributed by atoms with van der Waals surface area (Å²) in [4.78, 5) is 2.24. The van der Waals surface area contributed by atoms with Crippen molar-refractivity contribution in [2.75, 3.05) is 17.2 Å². The molecule has 5 heteroatoms. The fourth-order valence-electron chi connectivity index (χ4n) is 1.66.